The lowest BCUT2D eigenvalue weighted by Gasteiger charge is -2.18. The van der Waals surface area contributed by atoms with Crippen molar-refractivity contribution in [1.29, 1.82) is 5.26 Å². The Labute approximate surface area is 91.4 Å². The zero-order chi connectivity index (χ0) is 11.1. The monoisotopic (exact) mass is 203 g/mol. The molecule has 1 rings (SSSR count). The van der Waals surface area contributed by atoms with E-state index < -0.39 is 0 Å². The van der Waals surface area contributed by atoms with E-state index in [4.69, 9.17) is 5.26 Å². The van der Waals surface area contributed by atoms with Gasteiger partial charge in [-0.3, -0.25) is 4.98 Å². The second-order valence-corrected chi connectivity index (χ2v) is 3.79. The number of hydrogen-bond acceptors (Lipinski definition) is 3. The molecule has 1 unspecified atom stereocenters. The van der Waals surface area contributed by atoms with Crippen LogP contribution in [0.4, 0.5) is 0 Å². The highest BCUT2D eigenvalue weighted by molar-refractivity contribution is 5.08. The summed E-state index contributed by atoms with van der Waals surface area (Å²) in [5.41, 5.74) is 1.19. The lowest BCUT2D eigenvalue weighted by molar-refractivity contribution is 0.292. The van der Waals surface area contributed by atoms with Crippen LogP contribution in [-0.4, -0.2) is 23.5 Å². The van der Waals surface area contributed by atoms with E-state index in [-0.39, 0.29) is 5.92 Å². The summed E-state index contributed by atoms with van der Waals surface area (Å²) in [7, 11) is 2.03. The molecule has 1 atom stereocenters. The molecular weight excluding hydrogens is 186 g/mol. The van der Waals surface area contributed by atoms with Gasteiger partial charge < -0.3 is 4.90 Å². The molecule has 0 fully saturated rings. The first-order valence-electron chi connectivity index (χ1n) is 5.23. The molecule has 1 heterocycles. The molecule has 0 saturated heterocycles. The van der Waals surface area contributed by atoms with Gasteiger partial charge in [0.1, 0.15) is 0 Å². The maximum Gasteiger partial charge on any atom is 0.0669 e. The fraction of sp³-hybridized carbons (Fsp3) is 0.500. The number of aromatic nitrogens is 1. The summed E-state index contributed by atoms with van der Waals surface area (Å²) in [5, 5.41) is 8.85. The van der Waals surface area contributed by atoms with Crippen molar-refractivity contribution in [3.63, 3.8) is 0 Å². The van der Waals surface area contributed by atoms with Gasteiger partial charge >= 0.3 is 0 Å². The van der Waals surface area contributed by atoms with Gasteiger partial charge in [0, 0.05) is 25.5 Å². The number of nitrogens with zero attached hydrogens (tertiary/aromatic N) is 3. The highest BCUT2D eigenvalue weighted by atomic mass is 15.1. The molecule has 0 aliphatic heterocycles. The predicted molar refractivity (Wildman–Crippen MR) is 60.0 cm³/mol. The van der Waals surface area contributed by atoms with Gasteiger partial charge in [-0.1, -0.05) is 13.0 Å². The van der Waals surface area contributed by atoms with Crippen molar-refractivity contribution in [1.82, 2.24) is 9.88 Å². The zero-order valence-corrected chi connectivity index (χ0v) is 9.35. The van der Waals surface area contributed by atoms with E-state index >= 15 is 0 Å². The first kappa shape index (κ1) is 11.7. The number of rotatable bonds is 5. The van der Waals surface area contributed by atoms with Crippen LogP contribution in [0.2, 0.25) is 0 Å². The first-order chi connectivity index (χ1) is 7.26. The average Bonchev–Trinajstić information content (AvgIpc) is 2.27. The van der Waals surface area contributed by atoms with Crippen molar-refractivity contribution in [3.05, 3.63) is 30.1 Å². The van der Waals surface area contributed by atoms with Crippen LogP contribution in [0.3, 0.4) is 0 Å². The normalized spacial score (nSPS) is 12.4. The molecule has 3 heteroatoms. The van der Waals surface area contributed by atoms with Crippen LogP contribution < -0.4 is 0 Å². The molecule has 0 bridgehead atoms. The largest absolute Gasteiger partial charge is 0.301 e. The summed E-state index contributed by atoms with van der Waals surface area (Å²) in [6.07, 6.45) is 4.55. The Morgan fingerprint density at radius 3 is 2.93 bits per heavy atom. The van der Waals surface area contributed by atoms with E-state index in [1.165, 1.54) is 5.56 Å². The Kier molecular flexibility index (Phi) is 4.79. The fourth-order valence-electron chi connectivity index (χ4n) is 1.51. The smallest absolute Gasteiger partial charge is 0.0669 e. The molecule has 0 saturated carbocycles. The van der Waals surface area contributed by atoms with Crippen LogP contribution in [-0.2, 0) is 6.54 Å². The van der Waals surface area contributed by atoms with Gasteiger partial charge in [0.2, 0.25) is 0 Å². The third kappa shape index (κ3) is 4.09. The fourth-order valence-corrected chi connectivity index (χ4v) is 1.51. The molecule has 0 N–H and O–H groups in total. The van der Waals surface area contributed by atoms with Gasteiger partial charge in [-0.25, -0.2) is 0 Å². The number of nitriles is 1. The average molecular weight is 203 g/mol. The Morgan fingerprint density at radius 2 is 2.40 bits per heavy atom. The van der Waals surface area contributed by atoms with E-state index in [1.54, 1.807) is 6.20 Å². The molecule has 0 aliphatic rings. The topological polar surface area (TPSA) is 39.9 Å². The van der Waals surface area contributed by atoms with Crippen molar-refractivity contribution < 1.29 is 0 Å². The lowest BCUT2D eigenvalue weighted by atomic mass is 10.1. The van der Waals surface area contributed by atoms with Crippen LogP contribution in [0.15, 0.2) is 24.5 Å². The molecule has 0 amide bonds. The standard InChI is InChI=1S/C12H17N3/c1-3-11(7-13)9-15(2)10-12-5-4-6-14-8-12/h4-6,8,11H,3,9-10H2,1-2H3. The second kappa shape index (κ2) is 6.15. The summed E-state index contributed by atoms with van der Waals surface area (Å²) >= 11 is 0. The molecule has 1 aromatic rings. The van der Waals surface area contributed by atoms with Crippen LogP contribution >= 0.6 is 0 Å². The van der Waals surface area contributed by atoms with Gasteiger partial charge in [-0.2, -0.15) is 5.26 Å². The van der Waals surface area contributed by atoms with Gasteiger partial charge in [-0.05, 0) is 25.1 Å². The molecule has 0 spiro atoms. The second-order valence-electron chi connectivity index (χ2n) is 3.79. The molecule has 0 aromatic carbocycles. The van der Waals surface area contributed by atoms with Crippen LogP contribution in [0, 0.1) is 17.2 Å². The van der Waals surface area contributed by atoms with Crippen LogP contribution in [0.5, 0.6) is 0 Å². The number of pyridine rings is 1. The third-order valence-corrected chi connectivity index (χ3v) is 2.38. The van der Waals surface area contributed by atoms with Crippen LogP contribution in [0.25, 0.3) is 0 Å². The highest BCUT2D eigenvalue weighted by Crippen LogP contribution is 2.06. The summed E-state index contributed by atoms with van der Waals surface area (Å²) in [5.74, 6) is 0.131. The summed E-state index contributed by atoms with van der Waals surface area (Å²) in [6, 6.07) is 6.30. The van der Waals surface area contributed by atoms with E-state index in [2.05, 4.69) is 22.0 Å². The number of hydrogen-bond donors (Lipinski definition) is 0. The van der Waals surface area contributed by atoms with Crippen molar-refractivity contribution in [3.8, 4) is 6.07 Å². The Hall–Kier alpha value is -1.40. The Bertz CT molecular complexity index is 315. The van der Waals surface area contributed by atoms with Crippen LogP contribution in [0.1, 0.15) is 18.9 Å². The lowest BCUT2D eigenvalue weighted by Crippen LogP contribution is -2.24. The third-order valence-electron chi connectivity index (χ3n) is 2.38. The quantitative estimate of drug-likeness (QED) is 0.735. The zero-order valence-electron chi connectivity index (χ0n) is 9.35. The highest BCUT2D eigenvalue weighted by Gasteiger charge is 2.08. The molecule has 0 aliphatic carbocycles. The van der Waals surface area contributed by atoms with Crippen molar-refractivity contribution >= 4 is 0 Å². The molecule has 0 radical (unpaired) electrons. The molecule has 3 nitrogen and oxygen atoms in total. The molecule has 80 valence electrons. The maximum absolute atomic E-state index is 8.85. The molecular formula is C12H17N3. The molecule has 1 aromatic heterocycles. The van der Waals surface area contributed by atoms with Crippen molar-refractivity contribution in [2.75, 3.05) is 13.6 Å². The Morgan fingerprint density at radius 1 is 1.60 bits per heavy atom. The van der Waals surface area contributed by atoms with Gasteiger partial charge in [0.25, 0.3) is 0 Å². The summed E-state index contributed by atoms with van der Waals surface area (Å²) < 4.78 is 0. The predicted octanol–water partition coefficient (Wildman–Crippen LogP) is 2.06. The van der Waals surface area contributed by atoms with Gasteiger partial charge in [-0.15, -0.1) is 0 Å². The minimum absolute atomic E-state index is 0.131. The minimum atomic E-state index is 0.131. The Balaban J connectivity index is 2.43. The van der Waals surface area contributed by atoms with Gasteiger partial charge in [0.15, 0.2) is 0 Å². The summed E-state index contributed by atoms with van der Waals surface area (Å²) in [4.78, 5) is 6.23. The van der Waals surface area contributed by atoms with Crippen molar-refractivity contribution in [2.45, 2.75) is 19.9 Å². The van der Waals surface area contributed by atoms with E-state index in [0.29, 0.717) is 0 Å². The SMILES string of the molecule is CCC(C#N)CN(C)Cc1cccnc1. The summed E-state index contributed by atoms with van der Waals surface area (Å²) in [6.45, 7) is 3.72. The van der Waals surface area contributed by atoms with Gasteiger partial charge in [0.05, 0.1) is 12.0 Å². The minimum Gasteiger partial charge on any atom is -0.301 e. The van der Waals surface area contributed by atoms with E-state index in [1.807, 2.05) is 26.2 Å². The maximum atomic E-state index is 8.85. The van der Waals surface area contributed by atoms with Crippen molar-refractivity contribution in [2.24, 2.45) is 5.92 Å². The first-order valence-corrected chi connectivity index (χ1v) is 5.23. The van der Waals surface area contributed by atoms with E-state index in [9.17, 15) is 0 Å². The molecule has 15 heavy (non-hydrogen) atoms. The van der Waals surface area contributed by atoms with E-state index in [0.717, 1.165) is 19.5 Å².